The summed E-state index contributed by atoms with van der Waals surface area (Å²) in [6.07, 6.45) is 2.99. The topological polar surface area (TPSA) is 29.5 Å². The third-order valence-electron chi connectivity index (χ3n) is 5.50. The third kappa shape index (κ3) is 3.62. The summed E-state index contributed by atoms with van der Waals surface area (Å²) < 4.78 is 5.48. The molecule has 1 amide bonds. The molecule has 0 spiro atoms. The number of carbonyl (C=O) groups is 1. The normalized spacial score (nSPS) is 19.8. The zero-order chi connectivity index (χ0) is 17.1. The molecule has 1 fully saturated rings. The second-order valence-corrected chi connectivity index (χ2v) is 7.22. The van der Waals surface area contributed by atoms with Crippen molar-refractivity contribution in [3.05, 3.63) is 71.3 Å². The maximum Gasteiger partial charge on any atom is 0.230 e. The van der Waals surface area contributed by atoms with Crippen LogP contribution in [0.3, 0.4) is 0 Å². The summed E-state index contributed by atoms with van der Waals surface area (Å²) in [4.78, 5) is 15.4. The quantitative estimate of drug-likeness (QED) is 0.832. The van der Waals surface area contributed by atoms with Crippen molar-refractivity contribution in [3.8, 4) is 0 Å². The SMILES string of the molecule is O=C([C@@H]1Cc2ccccc21)N(Cc1ccccc1)CC1CCOCC1. The predicted octanol–water partition coefficient (Wildman–Crippen LogP) is 3.78. The molecule has 0 aromatic heterocycles. The van der Waals surface area contributed by atoms with E-state index in [2.05, 4.69) is 35.2 Å². The van der Waals surface area contributed by atoms with Gasteiger partial charge in [-0.3, -0.25) is 4.79 Å². The Morgan fingerprint density at radius 1 is 1.00 bits per heavy atom. The Morgan fingerprint density at radius 3 is 2.48 bits per heavy atom. The second-order valence-electron chi connectivity index (χ2n) is 7.22. The number of carbonyl (C=O) groups excluding carboxylic acids is 1. The van der Waals surface area contributed by atoms with E-state index in [-0.39, 0.29) is 11.8 Å². The first-order valence-corrected chi connectivity index (χ1v) is 9.29. The number of nitrogens with zero attached hydrogens (tertiary/aromatic N) is 1. The summed E-state index contributed by atoms with van der Waals surface area (Å²) in [6.45, 7) is 3.19. The standard InChI is InChI=1S/C22H25NO2/c24-22(21-14-19-8-4-5-9-20(19)21)23(15-17-6-2-1-3-7-17)16-18-10-12-25-13-11-18/h1-9,18,21H,10-16H2/t21-/m1/s1. The van der Waals surface area contributed by atoms with E-state index >= 15 is 0 Å². The van der Waals surface area contributed by atoms with E-state index in [9.17, 15) is 4.79 Å². The van der Waals surface area contributed by atoms with Crippen LogP contribution in [0.5, 0.6) is 0 Å². The fraction of sp³-hybridized carbons (Fsp3) is 0.409. The molecule has 0 N–H and O–H groups in total. The fourth-order valence-corrected chi connectivity index (χ4v) is 3.98. The van der Waals surface area contributed by atoms with Gasteiger partial charge < -0.3 is 9.64 Å². The monoisotopic (exact) mass is 335 g/mol. The Balaban J connectivity index is 1.51. The lowest BCUT2D eigenvalue weighted by Crippen LogP contribution is -2.42. The highest BCUT2D eigenvalue weighted by Gasteiger charge is 2.35. The van der Waals surface area contributed by atoms with Crippen molar-refractivity contribution in [2.24, 2.45) is 5.92 Å². The number of hydrogen-bond acceptors (Lipinski definition) is 2. The van der Waals surface area contributed by atoms with Gasteiger partial charge in [-0.05, 0) is 41.9 Å². The number of amides is 1. The van der Waals surface area contributed by atoms with E-state index in [1.54, 1.807) is 0 Å². The number of benzene rings is 2. The van der Waals surface area contributed by atoms with Crippen molar-refractivity contribution in [3.63, 3.8) is 0 Å². The molecule has 130 valence electrons. The van der Waals surface area contributed by atoms with Gasteiger partial charge in [0.05, 0.1) is 5.92 Å². The summed E-state index contributed by atoms with van der Waals surface area (Å²) >= 11 is 0. The zero-order valence-electron chi connectivity index (χ0n) is 14.6. The maximum atomic E-state index is 13.3. The van der Waals surface area contributed by atoms with Crippen molar-refractivity contribution in [1.29, 1.82) is 0 Å². The smallest absolute Gasteiger partial charge is 0.230 e. The first-order chi connectivity index (χ1) is 12.3. The molecule has 1 heterocycles. The minimum atomic E-state index is 0.0414. The molecule has 1 aliphatic heterocycles. The molecule has 1 saturated heterocycles. The highest BCUT2D eigenvalue weighted by Crippen LogP contribution is 2.36. The predicted molar refractivity (Wildman–Crippen MR) is 98.3 cm³/mol. The van der Waals surface area contributed by atoms with E-state index in [1.807, 2.05) is 24.3 Å². The van der Waals surface area contributed by atoms with Gasteiger partial charge in [0.2, 0.25) is 5.91 Å². The number of rotatable bonds is 5. The minimum Gasteiger partial charge on any atom is -0.381 e. The van der Waals surface area contributed by atoms with Gasteiger partial charge >= 0.3 is 0 Å². The number of hydrogen-bond donors (Lipinski definition) is 0. The van der Waals surface area contributed by atoms with Crippen LogP contribution in [0.1, 0.15) is 35.4 Å². The van der Waals surface area contributed by atoms with Gasteiger partial charge in [-0.15, -0.1) is 0 Å². The van der Waals surface area contributed by atoms with E-state index in [0.29, 0.717) is 12.5 Å². The molecule has 3 heteroatoms. The Hall–Kier alpha value is -2.13. The van der Waals surface area contributed by atoms with Gasteiger partial charge in [-0.2, -0.15) is 0 Å². The van der Waals surface area contributed by atoms with Crippen LogP contribution in [0.2, 0.25) is 0 Å². The van der Waals surface area contributed by atoms with E-state index < -0.39 is 0 Å². The van der Waals surface area contributed by atoms with Crippen LogP contribution in [-0.2, 0) is 22.5 Å². The molecule has 2 aliphatic rings. The van der Waals surface area contributed by atoms with Gasteiger partial charge in [-0.25, -0.2) is 0 Å². The Kier molecular flexibility index (Phi) is 4.84. The highest BCUT2D eigenvalue weighted by atomic mass is 16.5. The van der Waals surface area contributed by atoms with Crippen LogP contribution in [-0.4, -0.2) is 30.6 Å². The summed E-state index contributed by atoms with van der Waals surface area (Å²) in [5.41, 5.74) is 3.75. The molecule has 3 nitrogen and oxygen atoms in total. The summed E-state index contributed by atoms with van der Waals surface area (Å²) in [5, 5.41) is 0. The molecule has 4 rings (SSSR count). The van der Waals surface area contributed by atoms with Crippen LogP contribution in [0.4, 0.5) is 0 Å². The first kappa shape index (κ1) is 16.3. The zero-order valence-corrected chi connectivity index (χ0v) is 14.6. The second kappa shape index (κ2) is 7.40. The molecular formula is C22H25NO2. The summed E-state index contributed by atoms with van der Waals surface area (Å²) in [5.74, 6) is 0.880. The van der Waals surface area contributed by atoms with Crippen LogP contribution in [0, 0.1) is 5.92 Å². The molecule has 1 atom stereocenters. The largest absolute Gasteiger partial charge is 0.381 e. The van der Waals surface area contributed by atoms with Crippen LogP contribution >= 0.6 is 0 Å². The molecule has 2 aromatic rings. The van der Waals surface area contributed by atoms with Gasteiger partial charge in [0, 0.05) is 26.3 Å². The minimum absolute atomic E-state index is 0.0414. The average Bonchev–Trinajstić information content (AvgIpc) is 2.64. The van der Waals surface area contributed by atoms with Gasteiger partial charge in [0.15, 0.2) is 0 Å². The van der Waals surface area contributed by atoms with E-state index in [1.165, 1.54) is 16.7 Å². The molecule has 1 aliphatic carbocycles. The summed E-state index contributed by atoms with van der Waals surface area (Å²) in [6, 6.07) is 18.7. The molecule has 25 heavy (non-hydrogen) atoms. The molecule has 0 radical (unpaired) electrons. The first-order valence-electron chi connectivity index (χ1n) is 9.29. The third-order valence-corrected chi connectivity index (χ3v) is 5.50. The molecule has 0 bridgehead atoms. The highest BCUT2D eigenvalue weighted by molar-refractivity contribution is 5.87. The van der Waals surface area contributed by atoms with Crippen LogP contribution < -0.4 is 0 Å². The van der Waals surface area contributed by atoms with Crippen LogP contribution in [0.15, 0.2) is 54.6 Å². The lowest BCUT2D eigenvalue weighted by molar-refractivity contribution is -0.135. The van der Waals surface area contributed by atoms with Crippen molar-refractivity contribution < 1.29 is 9.53 Å². The molecule has 2 aromatic carbocycles. The van der Waals surface area contributed by atoms with Crippen molar-refractivity contribution in [2.75, 3.05) is 19.8 Å². The van der Waals surface area contributed by atoms with Gasteiger partial charge in [0.25, 0.3) is 0 Å². The molecule has 0 unspecified atom stereocenters. The lowest BCUT2D eigenvalue weighted by Gasteiger charge is -2.36. The Labute approximate surface area is 149 Å². The van der Waals surface area contributed by atoms with Crippen LogP contribution in [0.25, 0.3) is 0 Å². The molecular weight excluding hydrogens is 310 g/mol. The van der Waals surface area contributed by atoms with Gasteiger partial charge in [-0.1, -0.05) is 54.6 Å². The average molecular weight is 335 g/mol. The Morgan fingerprint density at radius 2 is 1.72 bits per heavy atom. The van der Waals surface area contributed by atoms with E-state index in [0.717, 1.165) is 39.0 Å². The van der Waals surface area contributed by atoms with Gasteiger partial charge in [0.1, 0.15) is 0 Å². The van der Waals surface area contributed by atoms with E-state index in [4.69, 9.17) is 4.74 Å². The van der Waals surface area contributed by atoms with Crippen molar-refractivity contribution >= 4 is 5.91 Å². The Bertz CT molecular complexity index is 722. The molecule has 0 saturated carbocycles. The number of ether oxygens (including phenoxy) is 1. The van der Waals surface area contributed by atoms with Crippen molar-refractivity contribution in [1.82, 2.24) is 4.90 Å². The fourth-order valence-electron chi connectivity index (χ4n) is 3.98. The van der Waals surface area contributed by atoms with Crippen molar-refractivity contribution in [2.45, 2.75) is 31.7 Å². The number of fused-ring (bicyclic) bond motifs is 1. The lowest BCUT2D eigenvalue weighted by atomic mass is 9.76. The summed E-state index contributed by atoms with van der Waals surface area (Å²) in [7, 11) is 0. The maximum absolute atomic E-state index is 13.3.